The summed E-state index contributed by atoms with van der Waals surface area (Å²) in [6, 6.07) is 13.8. The van der Waals surface area contributed by atoms with Crippen LogP contribution in [0.25, 0.3) is 0 Å². The maximum absolute atomic E-state index is 5.73. The van der Waals surface area contributed by atoms with Gasteiger partial charge in [-0.1, -0.05) is 39.0 Å². The summed E-state index contributed by atoms with van der Waals surface area (Å²) in [6.45, 7) is 7.00. The van der Waals surface area contributed by atoms with Crippen LogP contribution in [0, 0.1) is 0 Å². The van der Waals surface area contributed by atoms with Crippen LogP contribution in [-0.4, -0.2) is 4.98 Å². The van der Waals surface area contributed by atoms with Gasteiger partial charge >= 0.3 is 0 Å². The summed E-state index contributed by atoms with van der Waals surface area (Å²) < 4.78 is 5.73. The maximum atomic E-state index is 5.73. The monoisotopic (exact) mass is 271 g/mol. The van der Waals surface area contributed by atoms with Crippen LogP contribution in [-0.2, 0) is 12.0 Å². The third kappa shape index (κ3) is 3.71. The molecule has 0 aliphatic carbocycles. The van der Waals surface area contributed by atoms with Gasteiger partial charge in [0.1, 0.15) is 18.2 Å². The quantitative estimate of drug-likeness (QED) is 0.662. The molecule has 1 aromatic carbocycles. The zero-order valence-corrected chi connectivity index (χ0v) is 12.2. The lowest BCUT2D eigenvalue weighted by molar-refractivity contribution is 0.301. The predicted octanol–water partition coefficient (Wildman–Crippen LogP) is 3.24. The SMILES string of the molecule is CC(C)(C)c1ccc(OCc2cccc(NN)n2)cc1. The predicted molar refractivity (Wildman–Crippen MR) is 81.5 cm³/mol. The van der Waals surface area contributed by atoms with Gasteiger partial charge in [0, 0.05) is 0 Å². The lowest BCUT2D eigenvalue weighted by Gasteiger charge is -2.19. The lowest BCUT2D eigenvalue weighted by Crippen LogP contribution is -2.11. The van der Waals surface area contributed by atoms with Crippen molar-refractivity contribution >= 4 is 5.82 Å². The van der Waals surface area contributed by atoms with Crippen molar-refractivity contribution in [3.05, 3.63) is 53.7 Å². The number of benzene rings is 1. The molecule has 1 heterocycles. The molecular weight excluding hydrogens is 250 g/mol. The molecule has 0 aliphatic heterocycles. The van der Waals surface area contributed by atoms with E-state index in [2.05, 4.69) is 43.3 Å². The van der Waals surface area contributed by atoms with Crippen molar-refractivity contribution in [2.45, 2.75) is 32.8 Å². The highest BCUT2D eigenvalue weighted by molar-refractivity contribution is 5.34. The van der Waals surface area contributed by atoms with E-state index in [1.807, 2.05) is 30.3 Å². The molecule has 2 aromatic rings. The van der Waals surface area contributed by atoms with Crippen LogP contribution in [0.3, 0.4) is 0 Å². The summed E-state index contributed by atoms with van der Waals surface area (Å²) in [5.41, 5.74) is 4.80. The van der Waals surface area contributed by atoms with Gasteiger partial charge in [-0.3, -0.25) is 0 Å². The molecule has 1 aromatic heterocycles. The summed E-state index contributed by atoms with van der Waals surface area (Å²) in [4.78, 5) is 4.30. The maximum Gasteiger partial charge on any atom is 0.140 e. The smallest absolute Gasteiger partial charge is 0.140 e. The van der Waals surface area contributed by atoms with Gasteiger partial charge in [-0.2, -0.15) is 0 Å². The molecular formula is C16H21N3O. The van der Waals surface area contributed by atoms with E-state index in [-0.39, 0.29) is 5.41 Å². The van der Waals surface area contributed by atoms with Gasteiger partial charge in [0.05, 0.1) is 5.69 Å². The number of nitrogen functional groups attached to an aromatic ring is 1. The topological polar surface area (TPSA) is 60.2 Å². The molecule has 0 aliphatic rings. The molecule has 4 nitrogen and oxygen atoms in total. The number of nitrogens with one attached hydrogen (secondary N) is 1. The largest absolute Gasteiger partial charge is 0.487 e. The molecule has 4 heteroatoms. The molecule has 2 rings (SSSR count). The minimum atomic E-state index is 0.154. The number of ether oxygens (including phenoxy) is 1. The summed E-state index contributed by atoms with van der Waals surface area (Å²) in [7, 11) is 0. The molecule has 0 unspecified atom stereocenters. The van der Waals surface area contributed by atoms with E-state index in [0.717, 1.165) is 11.4 Å². The van der Waals surface area contributed by atoms with E-state index in [0.29, 0.717) is 12.4 Å². The molecule has 0 saturated carbocycles. The second kappa shape index (κ2) is 5.92. The fourth-order valence-corrected chi connectivity index (χ4v) is 1.85. The Morgan fingerprint density at radius 3 is 2.40 bits per heavy atom. The number of hydrazine groups is 1. The number of aromatic nitrogens is 1. The summed E-state index contributed by atoms with van der Waals surface area (Å²) >= 11 is 0. The Balaban J connectivity index is 2.00. The molecule has 20 heavy (non-hydrogen) atoms. The van der Waals surface area contributed by atoms with Crippen molar-refractivity contribution in [2.24, 2.45) is 5.84 Å². The van der Waals surface area contributed by atoms with Crippen LogP contribution < -0.4 is 16.0 Å². The number of hydrogen-bond acceptors (Lipinski definition) is 4. The third-order valence-corrected chi connectivity index (χ3v) is 3.06. The number of hydrogen-bond donors (Lipinski definition) is 2. The van der Waals surface area contributed by atoms with Crippen molar-refractivity contribution in [1.29, 1.82) is 0 Å². The molecule has 3 N–H and O–H groups in total. The fraction of sp³-hybridized carbons (Fsp3) is 0.312. The minimum absolute atomic E-state index is 0.154. The Labute approximate surface area is 120 Å². The van der Waals surface area contributed by atoms with Crippen molar-refractivity contribution in [1.82, 2.24) is 4.98 Å². The van der Waals surface area contributed by atoms with E-state index in [1.54, 1.807) is 0 Å². The van der Waals surface area contributed by atoms with Crippen LogP contribution in [0.4, 0.5) is 5.82 Å². The molecule has 0 spiro atoms. The Kier molecular flexibility index (Phi) is 4.25. The second-order valence-electron chi connectivity index (χ2n) is 5.72. The van der Waals surface area contributed by atoms with Crippen LogP contribution >= 0.6 is 0 Å². The third-order valence-electron chi connectivity index (χ3n) is 3.06. The highest BCUT2D eigenvalue weighted by atomic mass is 16.5. The van der Waals surface area contributed by atoms with E-state index in [9.17, 15) is 0 Å². The Hall–Kier alpha value is -2.07. The molecule has 0 amide bonds. The van der Waals surface area contributed by atoms with Gasteiger partial charge in [-0.25, -0.2) is 10.8 Å². The van der Waals surface area contributed by atoms with E-state index in [1.165, 1.54) is 5.56 Å². The van der Waals surface area contributed by atoms with E-state index >= 15 is 0 Å². The van der Waals surface area contributed by atoms with Gasteiger partial charge in [-0.15, -0.1) is 0 Å². The van der Waals surface area contributed by atoms with Gasteiger partial charge in [0.25, 0.3) is 0 Å². The van der Waals surface area contributed by atoms with Gasteiger partial charge < -0.3 is 10.2 Å². The van der Waals surface area contributed by atoms with Crippen molar-refractivity contribution < 1.29 is 4.74 Å². The minimum Gasteiger partial charge on any atom is -0.487 e. The van der Waals surface area contributed by atoms with Gasteiger partial charge in [0.2, 0.25) is 0 Å². The van der Waals surface area contributed by atoms with Crippen molar-refractivity contribution in [3.63, 3.8) is 0 Å². The standard InChI is InChI=1S/C16H21N3O/c1-16(2,3)12-7-9-14(10-8-12)20-11-13-5-4-6-15(18-13)19-17/h4-10H,11,17H2,1-3H3,(H,18,19). The first-order chi connectivity index (χ1) is 9.49. The molecule has 0 bridgehead atoms. The Morgan fingerprint density at radius 1 is 1.10 bits per heavy atom. The highest BCUT2D eigenvalue weighted by Crippen LogP contribution is 2.24. The van der Waals surface area contributed by atoms with Crippen LogP contribution in [0.1, 0.15) is 32.0 Å². The summed E-state index contributed by atoms with van der Waals surface area (Å²) in [6.07, 6.45) is 0. The number of rotatable bonds is 4. The second-order valence-corrected chi connectivity index (χ2v) is 5.72. The van der Waals surface area contributed by atoms with Gasteiger partial charge in [0.15, 0.2) is 0 Å². The summed E-state index contributed by atoms with van der Waals surface area (Å²) in [5.74, 6) is 6.80. The molecule has 0 atom stereocenters. The Bertz CT molecular complexity index is 559. The van der Waals surface area contributed by atoms with Crippen LogP contribution in [0.5, 0.6) is 5.75 Å². The van der Waals surface area contributed by atoms with Crippen LogP contribution in [0.15, 0.2) is 42.5 Å². The first kappa shape index (κ1) is 14.3. The Morgan fingerprint density at radius 2 is 1.80 bits per heavy atom. The average Bonchev–Trinajstić information content (AvgIpc) is 2.45. The summed E-state index contributed by atoms with van der Waals surface area (Å²) in [5, 5.41) is 0. The lowest BCUT2D eigenvalue weighted by atomic mass is 9.87. The van der Waals surface area contributed by atoms with Crippen LogP contribution in [0.2, 0.25) is 0 Å². The zero-order chi connectivity index (χ0) is 14.6. The first-order valence-corrected chi connectivity index (χ1v) is 6.65. The van der Waals surface area contributed by atoms with Crippen molar-refractivity contribution in [2.75, 3.05) is 5.43 Å². The molecule has 0 fully saturated rings. The number of nitrogens with two attached hydrogens (primary N) is 1. The molecule has 0 radical (unpaired) electrons. The number of pyridine rings is 1. The van der Waals surface area contributed by atoms with Gasteiger partial charge in [-0.05, 0) is 35.2 Å². The van der Waals surface area contributed by atoms with Crippen molar-refractivity contribution in [3.8, 4) is 5.75 Å². The van der Waals surface area contributed by atoms with E-state index < -0.39 is 0 Å². The zero-order valence-electron chi connectivity index (χ0n) is 12.2. The number of nitrogens with zero attached hydrogens (tertiary/aromatic N) is 1. The van der Waals surface area contributed by atoms with E-state index in [4.69, 9.17) is 10.6 Å². The average molecular weight is 271 g/mol. The molecule has 106 valence electrons. The first-order valence-electron chi connectivity index (χ1n) is 6.65. The number of anilines is 1. The highest BCUT2D eigenvalue weighted by Gasteiger charge is 2.12. The molecule has 0 saturated heterocycles. The fourth-order valence-electron chi connectivity index (χ4n) is 1.85. The normalized spacial score (nSPS) is 11.2.